The van der Waals surface area contributed by atoms with Gasteiger partial charge in [0.2, 0.25) is 0 Å². The number of hydrogen-bond acceptors (Lipinski definition) is 4. The highest BCUT2D eigenvalue weighted by Gasteiger charge is 2.13. The number of nitrogens with zero attached hydrogens (tertiary/aromatic N) is 3. The molecule has 1 heterocycles. The highest BCUT2D eigenvalue weighted by molar-refractivity contribution is 5.99. The van der Waals surface area contributed by atoms with Gasteiger partial charge in [0.25, 0.3) is 0 Å². The zero-order valence-corrected chi connectivity index (χ0v) is 9.75. The van der Waals surface area contributed by atoms with Gasteiger partial charge in [0, 0.05) is 18.1 Å². The van der Waals surface area contributed by atoms with Crippen LogP contribution in [0.3, 0.4) is 0 Å². The van der Waals surface area contributed by atoms with Crippen molar-refractivity contribution in [3.63, 3.8) is 0 Å². The third-order valence-corrected chi connectivity index (χ3v) is 2.46. The van der Waals surface area contributed by atoms with Gasteiger partial charge in [0.1, 0.15) is 11.4 Å². The molecule has 0 aliphatic heterocycles. The minimum absolute atomic E-state index is 0.0555. The molecule has 0 fully saturated rings. The number of ether oxygens (including phenoxy) is 1. The molecule has 0 amide bonds. The average molecular weight is 231 g/mol. The van der Waals surface area contributed by atoms with Gasteiger partial charge in [0.15, 0.2) is 5.78 Å². The maximum Gasteiger partial charge on any atom is 0.164 e. The first-order valence-electron chi connectivity index (χ1n) is 5.34. The van der Waals surface area contributed by atoms with Crippen molar-refractivity contribution in [3.05, 3.63) is 36.2 Å². The Kier molecular flexibility index (Phi) is 3.18. The Hall–Kier alpha value is -2.17. The maximum absolute atomic E-state index is 11.8. The summed E-state index contributed by atoms with van der Waals surface area (Å²) >= 11 is 0. The topological polar surface area (TPSA) is 57.0 Å². The first-order valence-corrected chi connectivity index (χ1v) is 5.34. The van der Waals surface area contributed by atoms with E-state index < -0.39 is 0 Å². The first kappa shape index (κ1) is 11.3. The first-order chi connectivity index (χ1) is 8.26. The van der Waals surface area contributed by atoms with Crippen molar-refractivity contribution in [1.29, 1.82) is 0 Å². The molecule has 0 saturated carbocycles. The van der Waals surface area contributed by atoms with Crippen molar-refractivity contribution >= 4 is 5.78 Å². The van der Waals surface area contributed by atoms with Gasteiger partial charge in [-0.25, -0.2) is 0 Å². The van der Waals surface area contributed by atoms with Crippen LogP contribution in [-0.4, -0.2) is 27.9 Å². The molecule has 0 aliphatic carbocycles. The number of Topliss-reactive ketones (excluding diaryl/α,β-unsaturated/α-hetero) is 1. The fourth-order valence-corrected chi connectivity index (χ4v) is 1.57. The molecule has 1 aromatic carbocycles. The highest BCUT2D eigenvalue weighted by atomic mass is 16.5. The summed E-state index contributed by atoms with van der Waals surface area (Å²) in [6, 6.07) is 5.25. The Morgan fingerprint density at radius 3 is 2.65 bits per heavy atom. The molecule has 17 heavy (non-hydrogen) atoms. The molecule has 0 aliphatic rings. The van der Waals surface area contributed by atoms with Crippen LogP contribution in [0.1, 0.15) is 23.7 Å². The summed E-state index contributed by atoms with van der Waals surface area (Å²) in [5, 5.41) is 8.07. The van der Waals surface area contributed by atoms with Crippen LogP contribution < -0.4 is 4.74 Å². The molecule has 0 unspecified atom stereocenters. The van der Waals surface area contributed by atoms with Gasteiger partial charge in [0.05, 0.1) is 19.5 Å². The van der Waals surface area contributed by atoms with Gasteiger partial charge >= 0.3 is 0 Å². The van der Waals surface area contributed by atoms with E-state index in [0.29, 0.717) is 23.4 Å². The van der Waals surface area contributed by atoms with Gasteiger partial charge in [-0.05, 0) is 12.1 Å². The van der Waals surface area contributed by atoms with Crippen LogP contribution in [0.5, 0.6) is 5.75 Å². The van der Waals surface area contributed by atoms with Crippen molar-refractivity contribution in [2.24, 2.45) is 0 Å². The summed E-state index contributed by atoms with van der Waals surface area (Å²) in [5.74, 6) is 0.727. The van der Waals surface area contributed by atoms with Gasteiger partial charge in [-0.15, -0.1) is 0 Å². The molecule has 5 heteroatoms. The Labute approximate surface area is 99.0 Å². The monoisotopic (exact) mass is 231 g/mol. The number of methoxy groups -OCH3 is 1. The molecule has 0 saturated heterocycles. The molecule has 2 aromatic rings. The Balaban J connectivity index is 2.56. The predicted molar refractivity (Wildman–Crippen MR) is 62.5 cm³/mol. The van der Waals surface area contributed by atoms with Crippen LogP contribution in [-0.2, 0) is 0 Å². The third-order valence-electron chi connectivity index (χ3n) is 2.46. The van der Waals surface area contributed by atoms with Gasteiger partial charge in [-0.2, -0.15) is 15.0 Å². The Morgan fingerprint density at radius 2 is 2.06 bits per heavy atom. The van der Waals surface area contributed by atoms with Crippen molar-refractivity contribution in [1.82, 2.24) is 15.0 Å². The number of carbonyl (C=O) groups is 1. The standard InChI is InChI=1S/C12H13N3O2/c1-3-12(16)10-5-4-9(17-2)8-11(10)15-13-6-7-14-15/h4-8H,3H2,1-2H3. The van der Waals surface area contributed by atoms with Crippen LogP contribution in [0.4, 0.5) is 0 Å². The van der Waals surface area contributed by atoms with E-state index in [1.165, 1.54) is 4.80 Å². The third kappa shape index (κ3) is 2.18. The summed E-state index contributed by atoms with van der Waals surface area (Å²) in [4.78, 5) is 13.2. The lowest BCUT2D eigenvalue weighted by Gasteiger charge is -2.08. The van der Waals surface area contributed by atoms with Crippen LogP contribution >= 0.6 is 0 Å². The van der Waals surface area contributed by atoms with E-state index in [0.717, 1.165) is 0 Å². The molecule has 0 spiro atoms. The van der Waals surface area contributed by atoms with E-state index in [1.807, 2.05) is 6.92 Å². The molecular formula is C12H13N3O2. The normalized spacial score (nSPS) is 10.2. The highest BCUT2D eigenvalue weighted by Crippen LogP contribution is 2.21. The molecule has 0 bridgehead atoms. The quantitative estimate of drug-likeness (QED) is 0.754. The second kappa shape index (κ2) is 4.78. The van der Waals surface area contributed by atoms with Crippen molar-refractivity contribution in [2.75, 3.05) is 7.11 Å². The van der Waals surface area contributed by atoms with E-state index >= 15 is 0 Å². The van der Waals surface area contributed by atoms with E-state index in [1.54, 1.807) is 37.7 Å². The van der Waals surface area contributed by atoms with E-state index in [4.69, 9.17) is 4.74 Å². The fraction of sp³-hybridized carbons (Fsp3) is 0.250. The van der Waals surface area contributed by atoms with Crippen molar-refractivity contribution in [3.8, 4) is 11.4 Å². The van der Waals surface area contributed by atoms with Crippen LogP contribution in [0.2, 0.25) is 0 Å². The fourth-order valence-electron chi connectivity index (χ4n) is 1.57. The molecule has 2 rings (SSSR count). The summed E-state index contributed by atoms with van der Waals surface area (Å²) < 4.78 is 5.14. The van der Waals surface area contributed by atoms with Crippen LogP contribution in [0.25, 0.3) is 5.69 Å². The number of hydrogen-bond donors (Lipinski definition) is 0. The lowest BCUT2D eigenvalue weighted by atomic mass is 10.1. The van der Waals surface area contributed by atoms with Crippen molar-refractivity contribution in [2.45, 2.75) is 13.3 Å². The molecule has 1 aromatic heterocycles. The van der Waals surface area contributed by atoms with E-state index in [9.17, 15) is 4.79 Å². The Morgan fingerprint density at radius 1 is 1.35 bits per heavy atom. The lowest BCUT2D eigenvalue weighted by Crippen LogP contribution is -2.08. The summed E-state index contributed by atoms with van der Waals surface area (Å²) in [6.07, 6.45) is 3.58. The van der Waals surface area contributed by atoms with Crippen molar-refractivity contribution < 1.29 is 9.53 Å². The number of aromatic nitrogens is 3. The number of carbonyl (C=O) groups excluding carboxylic acids is 1. The van der Waals surface area contributed by atoms with Crippen LogP contribution in [0, 0.1) is 0 Å². The smallest absolute Gasteiger partial charge is 0.164 e. The minimum Gasteiger partial charge on any atom is -0.497 e. The average Bonchev–Trinajstić information content (AvgIpc) is 2.91. The van der Waals surface area contributed by atoms with Gasteiger partial charge in [-0.3, -0.25) is 4.79 Å². The van der Waals surface area contributed by atoms with E-state index in [-0.39, 0.29) is 5.78 Å². The number of benzene rings is 1. The lowest BCUT2D eigenvalue weighted by molar-refractivity contribution is 0.0988. The molecule has 0 N–H and O–H groups in total. The molecular weight excluding hydrogens is 218 g/mol. The zero-order chi connectivity index (χ0) is 12.3. The summed E-state index contributed by atoms with van der Waals surface area (Å²) in [7, 11) is 1.58. The molecule has 0 radical (unpaired) electrons. The molecule has 0 atom stereocenters. The maximum atomic E-state index is 11.8. The second-order valence-corrected chi connectivity index (χ2v) is 3.48. The number of rotatable bonds is 4. The Bertz CT molecular complexity index is 521. The predicted octanol–water partition coefficient (Wildman–Crippen LogP) is 1.87. The van der Waals surface area contributed by atoms with Gasteiger partial charge < -0.3 is 4.74 Å². The number of ketones is 1. The van der Waals surface area contributed by atoms with Gasteiger partial charge in [-0.1, -0.05) is 6.92 Å². The zero-order valence-electron chi connectivity index (χ0n) is 9.75. The SMILES string of the molecule is CCC(=O)c1ccc(OC)cc1-n1nccn1. The summed E-state index contributed by atoms with van der Waals surface area (Å²) in [6.45, 7) is 1.83. The van der Waals surface area contributed by atoms with E-state index in [2.05, 4.69) is 10.2 Å². The molecule has 88 valence electrons. The minimum atomic E-state index is 0.0555. The molecule has 5 nitrogen and oxygen atoms in total. The largest absolute Gasteiger partial charge is 0.497 e. The summed E-state index contributed by atoms with van der Waals surface area (Å²) in [5.41, 5.74) is 1.24. The second-order valence-electron chi connectivity index (χ2n) is 3.48. The van der Waals surface area contributed by atoms with Crippen LogP contribution in [0.15, 0.2) is 30.6 Å².